The Morgan fingerprint density at radius 2 is 1.58 bits per heavy atom. The zero-order valence-electron chi connectivity index (χ0n) is 29.4. The first-order valence-electron chi connectivity index (χ1n) is 16.2. The van der Waals surface area contributed by atoms with Gasteiger partial charge >= 0.3 is 12.1 Å². The lowest BCUT2D eigenvalue weighted by atomic mass is 9.82. The van der Waals surface area contributed by atoms with Gasteiger partial charge in [0.1, 0.15) is 30.1 Å². The van der Waals surface area contributed by atoms with Gasteiger partial charge in [0.15, 0.2) is 5.78 Å². The van der Waals surface area contributed by atoms with Crippen LogP contribution in [0.3, 0.4) is 0 Å². The van der Waals surface area contributed by atoms with Crippen LogP contribution in [0.25, 0.3) is 0 Å². The van der Waals surface area contributed by atoms with Crippen LogP contribution >= 0.6 is 11.6 Å². The number of pyridine rings is 1. The van der Waals surface area contributed by atoms with Crippen molar-refractivity contribution in [3.63, 3.8) is 0 Å². The molecule has 0 aliphatic rings. The van der Waals surface area contributed by atoms with E-state index >= 15 is 0 Å². The number of aromatic nitrogens is 1. The number of anilines is 1. The van der Waals surface area contributed by atoms with Gasteiger partial charge in [0.25, 0.3) is 11.8 Å². The average Bonchev–Trinajstić information content (AvgIpc) is 3.10. The summed E-state index contributed by atoms with van der Waals surface area (Å²) in [5.41, 5.74) is 1.34. The van der Waals surface area contributed by atoms with E-state index in [9.17, 15) is 45.9 Å². The van der Waals surface area contributed by atoms with Crippen molar-refractivity contribution in [2.24, 2.45) is 11.8 Å². The molecule has 0 aliphatic carbocycles. The maximum absolute atomic E-state index is 14.9. The number of halogens is 6. The first-order valence-corrected chi connectivity index (χ1v) is 16.5. The minimum atomic E-state index is -5.02. The Morgan fingerprint density at radius 3 is 2.11 bits per heavy atom. The van der Waals surface area contributed by atoms with Gasteiger partial charge in [-0.1, -0.05) is 49.7 Å². The van der Waals surface area contributed by atoms with Crippen LogP contribution in [0, 0.1) is 11.8 Å². The highest BCUT2D eigenvalue weighted by Crippen LogP contribution is 2.30. The topological polar surface area (TPSA) is 147 Å². The van der Waals surface area contributed by atoms with Crippen LogP contribution < -0.4 is 25.6 Å². The molecule has 3 rings (SSSR count). The monoisotopic (exact) mass is 767 g/mol. The lowest BCUT2D eigenvalue weighted by Crippen LogP contribution is -2.52. The van der Waals surface area contributed by atoms with Crippen LogP contribution in [0.1, 0.15) is 47.9 Å². The molecule has 11 nitrogen and oxygen atoms in total. The van der Waals surface area contributed by atoms with Gasteiger partial charge in [-0.3, -0.25) is 24.0 Å². The molecule has 0 radical (unpaired) electrons. The van der Waals surface area contributed by atoms with Crippen molar-refractivity contribution in [2.75, 3.05) is 32.6 Å². The number of methoxy groups -OCH3 is 1. The molecule has 17 heteroatoms. The summed E-state index contributed by atoms with van der Waals surface area (Å²) >= 11 is 6.16. The summed E-state index contributed by atoms with van der Waals surface area (Å²) in [6, 6.07) is 12.3. The molecule has 1 heterocycles. The maximum Gasteiger partial charge on any atom is 0.405 e. The van der Waals surface area contributed by atoms with Crippen molar-refractivity contribution in [1.29, 1.82) is 0 Å². The number of hydrogen-bond acceptors (Lipinski definition) is 8. The molecule has 3 amide bonds. The van der Waals surface area contributed by atoms with E-state index in [1.807, 2.05) is 0 Å². The number of alkyl halides is 5. The molecule has 0 saturated carbocycles. The van der Waals surface area contributed by atoms with Crippen molar-refractivity contribution < 1.29 is 50.7 Å². The number of ketones is 2. The summed E-state index contributed by atoms with van der Waals surface area (Å²) in [6.45, 7) is 0.530. The van der Waals surface area contributed by atoms with E-state index in [1.165, 1.54) is 57.5 Å². The fraction of sp³-hybridized carbons (Fsp3) is 0.389. The fourth-order valence-corrected chi connectivity index (χ4v) is 5.33. The second kappa shape index (κ2) is 18.1. The summed E-state index contributed by atoms with van der Waals surface area (Å²) in [5.74, 6) is -14.5. The van der Waals surface area contributed by atoms with Crippen LogP contribution in [0.2, 0.25) is 5.02 Å². The van der Waals surface area contributed by atoms with Crippen molar-refractivity contribution in [2.45, 2.75) is 50.9 Å². The molecule has 0 bridgehead atoms. The third-order valence-electron chi connectivity index (χ3n) is 8.11. The van der Waals surface area contributed by atoms with E-state index in [0.717, 1.165) is 5.32 Å². The Morgan fingerprint density at radius 1 is 0.925 bits per heavy atom. The minimum Gasteiger partial charge on any atom is -0.497 e. The number of benzene rings is 2. The lowest BCUT2D eigenvalue weighted by Gasteiger charge is -2.27. The van der Waals surface area contributed by atoms with Gasteiger partial charge in [-0.25, -0.2) is 4.98 Å². The molecular formula is C36H39ClF5N5O6. The highest BCUT2D eigenvalue weighted by atomic mass is 35.5. The molecule has 53 heavy (non-hydrogen) atoms. The zero-order chi connectivity index (χ0) is 39.7. The maximum atomic E-state index is 14.9. The predicted molar refractivity (Wildman–Crippen MR) is 186 cm³/mol. The van der Waals surface area contributed by atoms with E-state index in [1.54, 1.807) is 49.3 Å². The van der Waals surface area contributed by atoms with Gasteiger partial charge in [-0.2, -0.15) is 22.0 Å². The Bertz CT molecular complexity index is 1770. The van der Waals surface area contributed by atoms with Crippen LogP contribution in [0.5, 0.6) is 5.75 Å². The predicted octanol–water partition coefficient (Wildman–Crippen LogP) is 5.12. The van der Waals surface area contributed by atoms with E-state index in [2.05, 4.69) is 15.6 Å². The number of carbonyl (C=O) groups excluding carboxylic acids is 5. The largest absolute Gasteiger partial charge is 0.497 e. The van der Waals surface area contributed by atoms with Crippen LogP contribution in [-0.2, 0) is 25.6 Å². The van der Waals surface area contributed by atoms with Gasteiger partial charge < -0.3 is 25.6 Å². The molecule has 286 valence electrons. The van der Waals surface area contributed by atoms with Gasteiger partial charge in [-0.05, 0) is 53.4 Å². The Labute approximate surface area is 307 Å². The van der Waals surface area contributed by atoms with Gasteiger partial charge in [0.05, 0.1) is 19.0 Å². The molecule has 0 unspecified atom stereocenters. The summed E-state index contributed by atoms with van der Waals surface area (Å²) in [6.07, 6.45) is -4.63. The molecular weight excluding hydrogens is 729 g/mol. The van der Waals surface area contributed by atoms with Crippen molar-refractivity contribution >= 4 is 46.6 Å². The molecule has 0 fully saturated rings. The molecule has 2 aromatic carbocycles. The van der Waals surface area contributed by atoms with Crippen LogP contribution in [0.15, 0.2) is 66.9 Å². The molecule has 0 spiro atoms. The molecule has 3 aromatic rings. The highest BCUT2D eigenvalue weighted by molar-refractivity contribution is 6.30. The number of ether oxygens (including phenoxy) is 1. The van der Waals surface area contributed by atoms with Crippen LogP contribution in [0.4, 0.5) is 27.6 Å². The Balaban J connectivity index is 1.97. The highest BCUT2D eigenvalue weighted by Gasteiger charge is 2.52. The first-order chi connectivity index (χ1) is 24.7. The van der Waals surface area contributed by atoms with E-state index in [4.69, 9.17) is 16.3 Å². The summed E-state index contributed by atoms with van der Waals surface area (Å²) < 4.78 is 72.8. The van der Waals surface area contributed by atoms with Crippen LogP contribution in [-0.4, -0.2) is 80.2 Å². The lowest BCUT2D eigenvalue weighted by molar-refractivity contribution is -0.167. The van der Waals surface area contributed by atoms with Gasteiger partial charge in [-0.15, -0.1) is 0 Å². The van der Waals surface area contributed by atoms with Gasteiger partial charge in [0.2, 0.25) is 11.7 Å². The molecule has 3 atom stereocenters. The second-order valence-electron chi connectivity index (χ2n) is 12.6. The molecule has 0 saturated heterocycles. The second-order valence-corrected chi connectivity index (χ2v) is 13.1. The van der Waals surface area contributed by atoms with Crippen molar-refractivity contribution in [3.05, 3.63) is 88.7 Å². The quantitative estimate of drug-likeness (QED) is 0.127. The summed E-state index contributed by atoms with van der Waals surface area (Å²) in [5, 5.41) is 6.53. The van der Waals surface area contributed by atoms with E-state index in [0.29, 0.717) is 22.0 Å². The number of Topliss-reactive ketones (excluding diaryl/α,β-unsaturated/α-hetero) is 2. The molecule has 3 N–H and O–H groups in total. The third-order valence-corrected chi connectivity index (χ3v) is 8.35. The zero-order valence-corrected chi connectivity index (χ0v) is 30.1. The number of nitrogens with one attached hydrogen (secondary N) is 3. The normalized spacial score (nSPS) is 13.4. The summed E-state index contributed by atoms with van der Waals surface area (Å²) in [7, 11) is 4.95. The van der Waals surface area contributed by atoms with Gasteiger partial charge in [0, 0.05) is 37.9 Å². The van der Waals surface area contributed by atoms with E-state index in [-0.39, 0.29) is 17.7 Å². The van der Waals surface area contributed by atoms with Crippen molar-refractivity contribution in [3.8, 4) is 5.75 Å². The number of amides is 3. The smallest absolute Gasteiger partial charge is 0.405 e. The van der Waals surface area contributed by atoms with E-state index < -0.39 is 78.3 Å². The molecule has 0 aliphatic heterocycles. The van der Waals surface area contributed by atoms with Crippen molar-refractivity contribution in [1.82, 2.24) is 20.9 Å². The standard InChI is InChI=1S/C36H39ClF5N5O6/c1-20(2)26(31(49)36(41,42)34(52)44-19-35(38,39)40)17-29(48)30(22-9-12-25(53-5)13-10-22)46-33(51)28(16-21-7-6-8-23(37)15-21)45-32(50)27-14-11-24(18-43-27)47(3)4/h6-15,18,20,26,28,30H,16-17,19H2,1-5H3,(H,44,52)(H,45,50)(H,46,51)/t26-,28-,30-/m0/s1. The number of hydrogen-bond donors (Lipinski definition) is 3. The average molecular weight is 768 g/mol. The SMILES string of the molecule is COc1ccc([C@H](NC(=O)[C@H](Cc2cccc(Cl)c2)NC(=O)c2ccc(N(C)C)cn2)C(=O)C[C@H](C(=O)C(F)(F)C(=O)NCC(F)(F)F)C(C)C)cc1. The Kier molecular flexibility index (Phi) is 14.4. The number of nitrogens with zero attached hydrogens (tertiary/aromatic N) is 2. The third kappa shape index (κ3) is 12.0. The fourth-order valence-electron chi connectivity index (χ4n) is 5.12. The number of carbonyl (C=O) groups is 5. The number of rotatable bonds is 17. The summed E-state index contributed by atoms with van der Waals surface area (Å²) in [4.78, 5) is 72.3. The Hall–Kier alpha value is -5.12. The first kappa shape index (κ1) is 42.3. The minimum absolute atomic E-state index is 0.0271. The molecule has 1 aromatic heterocycles.